The number of hydrogen-bond donors (Lipinski definition) is 3. The zero-order valence-corrected chi connectivity index (χ0v) is 10.6. The van der Waals surface area contributed by atoms with Gasteiger partial charge in [-0.15, -0.1) is 0 Å². The number of aliphatic carboxylic acids is 1. The van der Waals surface area contributed by atoms with Gasteiger partial charge in [0.05, 0.1) is 5.54 Å². The summed E-state index contributed by atoms with van der Waals surface area (Å²) in [4.78, 5) is 22.8. The van der Waals surface area contributed by atoms with E-state index < -0.39 is 17.6 Å². The molecule has 0 spiro atoms. The second-order valence-electron chi connectivity index (χ2n) is 4.55. The summed E-state index contributed by atoms with van der Waals surface area (Å²) in [5.41, 5.74) is -0.763. The second kappa shape index (κ2) is 5.84. The number of hydrogen-bond acceptors (Lipinski definition) is 3. The molecule has 0 saturated carbocycles. The molecule has 16 heavy (non-hydrogen) atoms. The lowest BCUT2D eigenvalue weighted by Crippen LogP contribution is -2.56. The molecule has 0 saturated heterocycles. The fourth-order valence-electron chi connectivity index (χ4n) is 1.12. The van der Waals surface area contributed by atoms with Crippen molar-refractivity contribution in [3.8, 4) is 0 Å². The number of likely N-dealkylation sites (N-methyl/N-ethyl adjacent to an activating group) is 1. The molecule has 0 aliphatic heterocycles. The van der Waals surface area contributed by atoms with Gasteiger partial charge in [0.25, 0.3) is 0 Å². The molecule has 5 nitrogen and oxygen atoms in total. The van der Waals surface area contributed by atoms with Crippen LogP contribution in [-0.4, -0.2) is 35.6 Å². The van der Waals surface area contributed by atoms with Crippen LogP contribution in [0.5, 0.6) is 0 Å². The Morgan fingerprint density at radius 2 is 1.88 bits per heavy atom. The molecule has 0 aliphatic carbocycles. The first kappa shape index (κ1) is 14.9. The molecule has 0 aliphatic rings. The van der Waals surface area contributed by atoms with Gasteiger partial charge in [-0.05, 0) is 26.8 Å². The Balaban J connectivity index is 4.65. The quantitative estimate of drug-likeness (QED) is 0.624. The van der Waals surface area contributed by atoms with E-state index in [-0.39, 0.29) is 11.8 Å². The highest BCUT2D eigenvalue weighted by Gasteiger charge is 2.31. The van der Waals surface area contributed by atoms with Crippen LogP contribution in [-0.2, 0) is 9.59 Å². The highest BCUT2D eigenvalue weighted by molar-refractivity contribution is 5.89. The lowest BCUT2D eigenvalue weighted by atomic mass is 9.97. The Hall–Kier alpha value is -1.10. The number of carboxylic acid groups (broad SMARTS) is 1. The highest BCUT2D eigenvalue weighted by atomic mass is 16.4. The van der Waals surface area contributed by atoms with Crippen LogP contribution < -0.4 is 10.6 Å². The van der Waals surface area contributed by atoms with Crippen molar-refractivity contribution in [2.45, 2.75) is 45.7 Å². The maximum atomic E-state index is 11.8. The molecule has 0 aromatic carbocycles. The van der Waals surface area contributed by atoms with E-state index in [4.69, 9.17) is 5.11 Å². The Labute approximate surface area is 96.6 Å². The van der Waals surface area contributed by atoms with Gasteiger partial charge in [0.2, 0.25) is 5.91 Å². The monoisotopic (exact) mass is 230 g/mol. The van der Waals surface area contributed by atoms with Gasteiger partial charge in [0.1, 0.15) is 6.04 Å². The van der Waals surface area contributed by atoms with Crippen LogP contribution in [0.3, 0.4) is 0 Å². The van der Waals surface area contributed by atoms with Crippen molar-refractivity contribution in [3.63, 3.8) is 0 Å². The third kappa shape index (κ3) is 3.81. The summed E-state index contributed by atoms with van der Waals surface area (Å²) in [5.74, 6) is -1.38. The smallest absolute Gasteiger partial charge is 0.326 e. The number of carbonyl (C=O) groups excluding carboxylic acids is 1. The molecule has 0 radical (unpaired) electrons. The second-order valence-corrected chi connectivity index (χ2v) is 4.55. The molecule has 0 aromatic heterocycles. The maximum Gasteiger partial charge on any atom is 0.326 e. The maximum absolute atomic E-state index is 11.8. The Morgan fingerprint density at radius 1 is 1.38 bits per heavy atom. The minimum absolute atomic E-state index is 0.0888. The Kier molecular flexibility index (Phi) is 5.44. The number of amides is 1. The van der Waals surface area contributed by atoms with Crippen molar-refractivity contribution in [2.24, 2.45) is 5.92 Å². The van der Waals surface area contributed by atoms with Crippen molar-refractivity contribution in [1.29, 1.82) is 0 Å². The number of carbonyl (C=O) groups is 2. The van der Waals surface area contributed by atoms with E-state index in [1.165, 1.54) is 0 Å². The summed E-state index contributed by atoms with van der Waals surface area (Å²) in [6.45, 7) is 7.12. The van der Waals surface area contributed by atoms with Crippen LogP contribution in [0.25, 0.3) is 0 Å². The first-order valence-electron chi connectivity index (χ1n) is 5.49. The molecule has 1 amide bonds. The lowest BCUT2D eigenvalue weighted by Gasteiger charge is -2.27. The van der Waals surface area contributed by atoms with Crippen LogP contribution >= 0.6 is 0 Å². The fraction of sp³-hybridized carbons (Fsp3) is 0.818. The topological polar surface area (TPSA) is 78.4 Å². The molecule has 94 valence electrons. The third-order valence-corrected chi connectivity index (χ3v) is 2.96. The fourth-order valence-corrected chi connectivity index (χ4v) is 1.12. The van der Waals surface area contributed by atoms with Gasteiger partial charge < -0.3 is 15.7 Å². The van der Waals surface area contributed by atoms with E-state index in [1.54, 1.807) is 20.9 Å². The summed E-state index contributed by atoms with van der Waals surface area (Å²) < 4.78 is 0. The number of nitrogens with one attached hydrogen (secondary N) is 2. The van der Waals surface area contributed by atoms with E-state index in [1.807, 2.05) is 13.8 Å². The summed E-state index contributed by atoms with van der Waals surface area (Å²) in [7, 11) is 1.67. The molecular weight excluding hydrogens is 208 g/mol. The van der Waals surface area contributed by atoms with E-state index in [9.17, 15) is 9.59 Å². The predicted octanol–water partition coefficient (Wildman–Crippen LogP) is 0.600. The van der Waals surface area contributed by atoms with Crippen LogP contribution in [0.1, 0.15) is 34.1 Å². The van der Waals surface area contributed by atoms with Crippen molar-refractivity contribution >= 4 is 11.9 Å². The van der Waals surface area contributed by atoms with Crippen LogP contribution in [0.2, 0.25) is 0 Å². The Morgan fingerprint density at radius 3 is 2.19 bits per heavy atom. The van der Waals surface area contributed by atoms with Crippen LogP contribution in [0, 0.1) is 5.92 Å². The van der Waals surface area contributed by atoms with E-state index in [0.29, 0.717) is 6.42 Å². The molecule has 0 bridgehead atoms. The first-order valence-corrected chi connectivity index (χ1v) is 5.49. The molecule has 2 atom stereocenters. The molecule has 2 unspecified atom stereocenters. The minimum Gasteiger partial charge on any atom is -0.480 e. The summed E-state index contributed by atoms with van der Waals surface area (Å²) in [6.07, 6.45) is 0.706. The van der Waals surface area contributed by atoms with E-state index in [0.717, 1.165) is 0 Å². The third-order valence-electron chi connectivity index (χ3n) is 2.96. The Bertz CT molecular complexity index is 264. The van der Waals surface area contributed by atoms with E-state index >= 15 is 0 Å². The SMILES string of the molecule is CCC(C)C(NC(=O)C(C)(C)NC)C(=O)O. The molecule has 0 aromatic rings. The molecule has 0 fully saturated rings. The average Bonchev–Trinajstić information content (AvgIpc) is 2.23. The predicted molar refractivity (Wildman–Crippen MR) is 62.2 cm³/mol. The minimum atomic E-state index is -0.991. The lowest BCUT2D eigenvalue weighted by molar-refractivity contribution is -0.144. The van der Waals surface area contributed by atoms with Crippen molar-refractivity contribution in [3.05, 3.63) is 0 Å². The molecule has 3 N–H and O–H groups in total. The van der Waals surface area contributed by atoms with Gasteiger partial charge in [-0.25, -0.2) is 4.79 Å². The molecule has 0 rings (SSSR count). The van der Waals surface area contributed by atoms with Crippen molar-refractivity contribution in [1.82, 2.24) is 10.6 Å². The van der Waals surface area contributed by atoms with Crippen molar-refractivity contribution in [2.75, 3.05) is 7.05 Å². The van der Waals surface area contributed by atoms with Gasteiger partial charge in [0, 0.05) is 0 Å². The van der Waals surface area contributed by atoms with Gasteiger partial charge in [-0.2, -0.15) is 0 Å². The molecule has 5 heteroatoms. The zero-order chi connectivity index (χ0) is 12.9. The average molecular weight is 230 g/mol. The largest absolute Gasteiger partial charge is 0.480 e. The van der Waals surface area contributed by atoms with Gasteiger partial charge in [-0.1, -0.05) is 20.3 Å². The molecular formula is C11H22N2O3. The van der Waals surface area contributed by atoms with Gasteiger partial charge in [0.15, 0.2) is 0 Å². The van der Waals surface area contributed by atoms with E-state index in [2.05, 4.69) is 10.6 Å². The van der Waals surface area contributed by atoms with Gasteiger partial charge in [-0.3, -0.25) is 4.79 Å². The summed E-state index contributed by atoms with van der Waals surface area (Å²) in [6, 6.07) is -0.829. The van der Waals surface area contributed by atoms with Crippen LogP contribution in [0.4, 0.5) is 0 Å². The number of carboxylic acids is 1. The zero-order valence-electron chi connectivity index (χ0n) is 10.6. The first-order chi connectivity index (χ1) is 7.26. The number of rotatable bonds is 6. The standard InChI is InChI=1S/C11H22N2O3/c1-6-7(2)8(9(14)15)13-10(16)11(3,4)12-5/h7-8,12H,6H2,1-5H3,(H,13,16)(H,14,15). The summed E-state index contributed by atoms with van der Waals surface area (Å²) >= 11 is 0. The normalized spacial score (nSPS) is 15.3. The highest BCUT2D eigenvalue weighted by Crippen LogP contribution is 2.10. The van der Waals surface area contributed by atoms with Crippen molar-refractivity contribution < 1.29 is 14.7 Å². The molecule has 0 heterocycles. The summed E-state index contributed by atoms with van der Waals surface area (Å²) in [5, 5.41) is 14.4. The van der Waals surface area contributed by atoms with Crippen LogP contribution in [0.15, 0.2) is 0 Å². The van der Waals surface area contributed by atoms with Gasteiger partial charge >= 0.3 is 5.97 Å².